The monoisotopic (exact) mass is 322 g/mol. The van der Waals surface area contributed by atoms with E-state index in [9.17, 15) is 15.0 Å². The third-order valence-corrected chi connectivity index (χ3v) is 4.01. The molecule has 22 heavy (non-hydrogen) atoms. The molecule has 0 saturated carbocycles. The maximum Gasteiger partial charge on any atom is 0.255 e. The van der Waals surface area contributed by atoms with Crippen LogP contribution >= 0.6 is 11.6 Å². The fourth-order valence-electron chi connectivity index (χ4n) is 2.31. The Bertz CT molecular complexity index is 686. The zero-order valence-electron chi connectivity index (χ0n) is 12.6. The summed E-state index contributed by atoms with van der Waals surface area (Å²) in [5, 5.41) is 20.0. The molecule has 1 amide bonds. The predicted molar refractivity (Wildman–Crippen MR) is 86.0 cm³/mol. The van der Waals surface area contributed by atoms with Crippen molar-refractivity contribution in [2.75, 3.05) is 26.8 Å². The summed E-state index contributed by atoms with van der Waals surface area (Å²) in [4.78, 5) is 18.4. The van der Waals surface area contributed by atoms with Gasteiger partial charge in [-0.05, 0) is 24.3 Å². The molecule has 118 valence electrons. The Morgan fingerprint density at radius 2 is 2.00 bits per heavy atom. The lowest BCUT2D eigenvalue weighted by molar-refractivity contribution is 0.0367. The smallest absolute Gasteiger partial charge is 0.255 e. The molecule has 0 atom stereocenters. The molecule has 0 aliphatic carbocycles. The lowest BCUT2D eigenvalue weighted by atomic mass is 9.92. The number of carbonyl (C=O) groups excluding carboxylic acids is 1. The maximum absolute atomic E-state index is 12.7. The molecule has 0 unspecified atom stereocenters. The first kappa shape index (κ1) is 16.7. The summed E-state index contributed by atoms with van der Waals surface area (Å²) in [7, 11) is 1.63. The van der Waals surface area contributed by atoms with Crippen molar-refractivity contribution in [1.29, 1.82) is 0 Å². The molecule has 2 rings (SSSR count). The lowest BCUT2D eigenvalue weighted by Gasteiger charge is -2.30. The Morgan fingerprint density at radius 1 is 1.32 bits per heavy atom. The summed E-state index contributed by atoms with van der Waals surface area (Å²) < 4.78 is 0. The maximum atomic E-state index is 12.7. The van der Waals surface area contributed by atoms with Crippen LogP contribution in [-0.2, 0) is 0 Å². The minimum Gasteiger partial charge on any atom is -0.396 e. The molecule has 0 spiro atoms. The van der Waals surface area contributed by atoms with Gasteiger partial charge in [-0.1, -0.05) is 18.5 Å². The van der Waals surface area contributed by atoms with E-state index in [4.69, 9.17) is 11.6 Å². The Kier molecular flexibility index (Phi) is 5.01. The average Bonchev–Trinajstić information content (AvgIpc) is 2.54. The summed E-state index contributed by atoms with van der Waals surface area (Å²) in [6, 6.07) is 6.89. The van der Waals surface area contributed by atoms with E-state index >= 15 is 0 Å². The summed E-state index contributed by atoms with van der Waals surface area (Å²) in [5.41, 5.74) is 0.238. The van der Waals surface area contributed by atoms with Gasteiger partial charge in [-0.15, -0.1) is 0 Å². The molecule has 0 aliphatic heterocycles. The first-order valence-corrected chi connectivity index (χ1v) is 7.30. The minimum atomic E-state index is -0.750. The molecule has 0 aliphatic rings. The molecule has 1 heterocycles. The van der Waals surface area contributed by atoms with Gasteiger partial charge in [-0.3, -0.25) is 9.78 Å². The van der Waals surface area contributed by atoms with Gasteiger partial charge in [0.25, 0.3) is 5.91 Å². The van der Waals surface area contributed by atoms with Crippen molar-refractivity contribution < 1.29 is 15.0 Å². The predicted octanol–water partition coefficient (Wildman–Crippen LogP) is 1.95. The molecule has 2 aromatic rings. The van der Waals surface area contributed by atoms with E-state index < -0.39 is 5.41 Å². The number of aliphatic hydroxyl groups excluding tert-OH is 2. The second kappa shape index (κ2) is 6.60. The van der Waals surface area contributed by atoms with Crippen molar-refractivity contribution >= 4 is 28.4 Å². The summed E-state index contributed by atoms with van der Waals surface area (Å²) in [6.45, 7) is 1.53. The summed E-state index contributed by atoms with van der Waals surface area (Å²) in [6.07, 6.45) is 1.61. The van der Waals surface area contributed by atoms with Gasteiger partial charge in [-0.2, -0.15) is 0 Å². The molecule has 5 nitrogen and oxygen atoms in total. The van der Waals surface area contributed by atoms with Gasteiger partial charge in [-0.25, -0.2) is 0 Å². The van der Waals surface area contributed by atoms with E-state index in [0.29, 0.717) is 16.1 Å². The topological polar surface area (TPSA) is 73.7 Å². The van der Waals surface area contributed by atoms with E-state index in [1.807, 2.05) is 6.07 Å². The van der Waals surface area contributed by atoms with Gasteiger partial charge in [0.15, 0.2) is 0 Å². The number of rotatable bonds is 5. The third-order valence-electron chi connectivity index (χ3n) is 3.68. The van der Waals surface area contributed by atoms with E-state index in [0.717, 1.165) is 5.39 Å². The highest BCUT2D eigenvalue weighted by molar-refractivity contribution is 6.36. The van der Waals surface area contributed by atoms with Crippen molar-refractivity contribution in [2.24, 2.45) is 5.41 Å². The van der Waals surface area contributed by atoms with Crippen LogP contribution in [0.5, 0.6) is 0 Å². The highest BCUT2D eigenvalue weighted by Gasteiger charge is 2.27. The number of benzene rings is 1. The molecule has 2 N–H and O–H groups in total. The minimum absolute atomic E-state index is 0.208. The zero-order valence-corrected chi connectivity index (χ0v) is 13.3. The van der Waals surface area contributed by atoms with Gasteiger partial charge >= 0.3 is 0 Å². The van der Waals surface area contributed by atoms with Gasteiger partial charge in [0, 0.05) is 30.6 Å². The van der Waals surface area contributed by atoms with Crippen LogP contribution in [0.1, 0.15) is 17.3 Å². The number of fused-ring (bicyclic) bond motifs is 1. The number of pyridine rings is 1. The molecule has 0 saturated heterocycles. The largest absolute Gasteiger partial charge is 0.396 e. The number of hydrogen-bond acceptors (Lipinski definition) is 4. The molecule has 0 fully saturated rings. The molecular formula is C16H19ClN2O3. The zero-order chi connectivity index (χ0) is 16.3. The van der Waals surface area contributed by atoms with Crippen molar-refractivity contribution in [3.8, 4) is 0 Å². The van der Waals surface area contributed by atoms with E-state index in [1.54, 1.807) is 38.4 Å². The standard InChI is InChI=1S/C16H19ClN2O3/c1-16(9-20,10-21)8-19(2)15(22)12-5-6-13(17)11-4-3-7-18-14(11)12/h3-7,20-21H,8-10H2,1-2H3. The van der Waals surface area contributed by atoms with Crippen molar-refractivity contribution in [1.82, 2.24) is 9.88 Å². The quantitative estimate of drug-likeness (QED) is 0.882. The number of nitrogens with zero attached hydrogens (tertiary/aromatic N) is 2. The number of amides is 1. The van der Waals surface area contributed by atoms with Crippen molar-refractivity contribution in [2.45, 2.75) is 6.92 Å². The molecule has 6 heteroatoms. The SMILES string of the molecule is CN(CC(C)(CO)CO)C(=O)c1ccc(Cl)c2cccnc12. The second-order valence-electron chi connectivity index (χ2n) is 5.78. The van der Waals surface area contributed by atoms with Crippen LogP contribution in [0.2, 0.25) is 5.02 Å². The van der Waals surface area contributed by atoms with Gasteiger partial charge < -0.3 is 15.1 Å². The van der Waals surface area contributed by atoms with Crippen LogP contribution < -0.4 is 0 Å². The van der Waals surface area contributed by atoms with E-state index in [-0.39, 0.29) is 25.7 Å². The van der Waals surface area contributed by atoms with E-state index in [2.05, 4.69) is 4.98 Å². The van der Waals surface area contributed by atoms with Gasteiger partial charge in [0.05, 0.1) is 29.3 Å². The number of aromatic nitrogens is 1. The van der Waals surface area contributed by atoms with Crippen LogP contribution in [-0.4, -0.2) is 52.8 Å². The molecule has 1 aromatic heterocycles. The fraction of sp³-hybridized carbons (Fsp3) is 0.375. The molecule has 1 aromatic carbocycles. The average molecular weight is 323 g/mol. The molecular weight excluding hydrogens is 304 g/mol. The number of carbonyl (C=O) groups is 1. The number of aliphatic hydroxyl groups is 2. The molecule has 0 bridgehead atoms. The Balaban J connectivity index is 2.36. The third kappa shape index (κ3) is 3.21. The Labute approximate surface area is 134 Å². The van der Waals surface area contributed by atoms with Crippen LogP contribution in [0.4, 0.5) is 0 Å². The Morgan fingerprint density at radius 3 is 2.64 bits per heavy atom. The highest BCUT2D eigenvalue weighted by Crippen LogP contribution is 2.26. The lowest BCUT2D eigenvalue weighted by Crippen LogP contribution is -2.41. The number of halogens is 1. The van der Waals surface area contributed by atoms with Gasteiger partial charge in [0.1, 0.15) is 0 Å². The molecule has 0 radical (unpaired) electrons. The Hall–Kier alpha value is -1.69. The normalized spacial score (nSPS) is 11.7. The van der Waals surface area contributed by atoms with Crippen molar-refractivity contribution in [3.05, 3.63) is 41.0 Å². The van der Waals surface area contributed by atoms with Crippen LogP contribution in [0.3, 0.4) is 0 Å². The number of hydrogen-bond donors (Lipinski definition) is 2. The first-order valence-electron chi connectivity index (χ1n) is 6.92. The van der Waals surface area contributed by atoms with Crippen LogP contribution in [0, 0.1) is 5.41 Å². The van der Waals surface area contributed by atoms with E-state index in [1.165, 1.54) is 4.90 Å². The first-order chi connectivity index (χ1) is 10.4. The fourth-order valence-corrected chi connectivity index (χ4v) is 2.53. The summed E-state index contributed by atoms with van der Waals surface area (Å²) in [5.74, 6) is -0.228. The van der Waals surface area contributed by atoms with Crippen LogP contribution in [0.15, 0.2) is 30.5 Å². The second-order valence-corrected chi connectivity index (χ2v) is 6.19. The highest BCUT2D eigenvalue weighted by atomic mass is 35.5. The van der Waals surface area contributed by atoms with Crippen LogP contribution in [0.25, 0.3) is 10.9 Å². The van der Waals surface area contributed by atoms with Crippen molar-refractivity contribution in [3.63, 3.8) is 0 Å². The van der Waals surface area contributed by atoms with Gasteiger partial charge in [0.2, 0.25) is 0 Å². The summed E-state index contributed by atoms with van der Waals surface area (Å²) >= 11 is 6.13.